The molecule has 1 heterocycles. The summed E-state index contributed by atoms with van der Waals surface area (Å²) in [6, 6.07) is 8.11. The number of ether oxygens (including phenoxy) is 1. The molecule has 1 aromatic rings. The van der Waals surface area contributed by atoms with E-state index in [1.807, 2.05) is 19.2 Å². The van der Waals surface area contributed by atoms with Crippen LogP contribution in [0.4, 0.5) is 5.69 Å². The van der Waals surface area contributed by atoms with Gasteiger partial charge in [0.1, 0.15) is 0 Å². The molecule has 1 aromatic carbocycles. The highest BCUT2D eigenvalue weighted by Crippen LogP contribution is 2.23. The lowest BCUT2D eigenvalue weighted by molar-refractivity contribution is 0.0277. The second kappa shape index (κ2) is 4.84. The Morgan fingerprint density at radius 3 is 3.07 bits per heavy atom. The predicted molar refractivity (Wildman–Crippen MR) is 62.3 cm³/mol. The maximum atomic E-state index is 5.89. The van der Waals surface area contributed by atoms with Crippen molar-refractivity contribution in [3.8, 4) is 0 Å². The van der Waals surface area contributed by atoms with Gasteiger partial charge in [-0.3, -0.25) is 4.42 Å². The van der Waals surface area contributed by atoms with Crippen molar-refractivity contribution in [2.75, 3.05) is 31.2 Å². The molecule has 4 heteroatoms. The van der Waals surface area contributed by atoms with Crippen molar-refractivity contribution in [2.45, 2.75) is 6.10 Å². The molecule has 1 unspecified atom stereocenters. The number of hydrogen-bond donors (Lipinski definition) is 1. The molecular weight excluding hydrogens is 212 g/mol. The summed E-state index contributed by atoms with van der Waals surface area (Å²) >= 11 is 5.89. The first-order chi connectivity index (χ1) is 7.27. The van der Waals surface area contributed by atoms with Crippen molar-refractivity contribution in [2.24, 2.45) is 0 Å². The summed E-state index contributed by atoms with van der Waals surface area (Å²) in [5.41, 5.74) is 2.16. The zero-order chi connectivity index (χ0) is 10.7. The van der Waals surface area contributed by atoms with Crippen LogP contribution < -0.4 is 9.74 Å². The van der Waals surface area contributed by atoms with Crippen LogP contribution in [0.25, 0.3) is 0 Å². The molecule has 15 heavy (non-hydrogen) atoms. The van der Waals surface area contributed by atoms with Crippen molar-refractivity contribution in [1.82, 2.24) is 5.32 Å². The lowest BCUT2D eigenvalue weighted by atomic mass is 10.1. The van der Waals surface area contributed by atoms with Crippen LogP contribution in [-0.2, 0) is 4.74 Å². The Balaban J connectivity index is 2.16. The molecule has 1 saturated heterocycles. The van der Waals surface area contributed by atoms with Gasteiger partial charge in [-0.25, -0.2) is 0 Å². The van der Waals surface area contributed by atoms with Crippen LogP contribution in [0.5, 0.6) is 0 Å². The van der Waals surface area contributed by atoms with Gasteiger partial charge in [-0.05, 0) is 17.7 Å². The third kappa shape index (κ3) is 2.62. The van der Waals surface area contributed by atoms with Gasteiger partial charge in [0.15, 0.2) is 0 Å². The predicted octanol–water partition coefficient (Wildman–Crippen LogP) is 1.94. The van der Waals surface area contributed by atoms with Crippen LogP contribution in [0.2, 0.25) is 0 Å². The average molecular weight is 227 g/mol. The fraction of sp³-hybridized carbons (Fsp3) is 0.455. The van der Waals surface area contributed by atoms with E-state index in [2.05, 4.69) is 17.4 Å². The summed E-state index contributed by atoms with van der Waals surface area (Å²) < 4.78 is 7.26. The molecule has 0 aromatic heterocycles. The minimum absolute atomic E-state index is 0.148. The number of halogens is 1. The largest absolute Gasteiger partial charge is 0.371 e. The van der Waals surface area contributed by atoms with E-state index in [9.17, 15) is 0 Å². The SMILES string of the molecule is CN(Cl)c1cccc(C2CNCCO2)c1. The zero-order valence-corrected chi connectivity index (χ0v) is 9.50. The van der Waals surface area contributed by atoms with Gasteiger partial charge < -0.3 is 10.1 Å². The summed E-state index contributed by atoms with van der Waals surface area (Å²) in [6.45, 7) is 2.58. The molecule has 0 bridgehead atoms. The van der Waals surface area contributed by atoms with Crippen LogP contribution in [0.3, 0.4) is 0 Å². The Morgan fingerprint density at radius 2 is 2.40 bits per heavy atom. The van der Waals surface area contributed by atoms with Gasteiger partial charge in [0.05, 0.1) is 18.4 Å². The first-order valence-corrected chi connectivity index (χ1v) is 5.43. The Kier molecular flexibility index (Phi) is 3.46. The van der Waals surface area contributed by atoms with Crippen molar-refractivity contribution < 1.29 is 4.74 Å². The standard InChI is InChI=1S/C11H15ClN2O/c1-14(12)10-4-2-3-9(7-10)11-8-13-5-6-15-11/h2-4,7,11,13H,5-6,8H2,1H3. The van der Waals surface area contributed by atoms with Gasteiger partial charge in [0, 0.05) is 31.9 Å². The second-order valence-electron chi connectivity index (χ2n) is 3.64. The van der Waals surface area contributed by atoms with Crippen molar-refractivity contribution in [1.29, 1.82) is 0 Å². The fourth-order valence-electron chi connectivity index (χ4n) is 1.70. The zero-order valence-electron chi connectivity index (χ0n) is 8.74. The van der Waals surface area contributed by atoms with Crippen LogP contribution in [0.15, 0.2) is 24.3 Å². The quantitative estimate of drug-likeness (QED) is 0.781. The Hall–Kier alpha value is -0.770. The van der Waals surface area contributed by atoms with E-state index in [0.29, 0.717) is 0 Å². The van der Waals surface area contributed by atoms with E-state index in [-0.39, 0.29) is 6.10 Å². The topological polar surface area (TPSA) is 24.5 Å². The van der Waals surface area contributed by atoms with Gasteiger partial charge in [0.2, 0.25) is 0 Å². The van der Waals surface area contributed by atoms with Crippen LogP contribution in [0.1, 0.15) is 11.7 Å². The number of nitrogens with zero attached hydrogens (tertiary/aromatic N) is 1. The molecule has 0 saturated carbocycles. The third-order valence-electron chi connectivity index (χ3n) is 2.53. The van der Waals surface area contributed by atoms with E-state index in [4.69, 9.17) is 16.5 Å². The van der Waals surface area contributed by atoms with Gasteiger partial charge in [-0.2, -0.15) is 0 Å². The van der Waals surface area contributed by atoms with Crippen molar-refractivity contribution in [3.63, 3.8) is 0 Å². The summed E-state index contributed by atoms with van der Waals surface area (Å²) in [4.78, 5) is 0. The number of morpholine rings is 1. The molecule has 82 valence electrons. The van der Waals surface area contributed by atoms with E-state index in [1.54, 1.807) is 4.42 Å². The Labute approximate surface area is 95.1 Å². The first kappa shape index (κ1) is 10.7. The number of hydrogen-bond acceptors (Lipinski definition) is 3. The highest BCUT2D eigenvalue weighted by Gasteiger charge is 2.15. The number of anilines is 1. The highest BCUT2D eigenvalue weighted by molar-refractivity contribution is 6.25. The Bertz CT molecular complexity index is 324. The summed E-state index contributed by atoms with van der Waals surface area (Å²) in [5.74, 6) is 0. The summed E-state index contributed by atoms with van der Waals surface area (Å²) in [6.07, 6.45) is 0.148. The minimum Gasteiger partial charge on any atom is -0.371 e. The van der Waals surface area contributed by atoms with Crippen LogP contribution in [-0.4, -0.2) is 26.7 Å². The molecule has 2 rings (SSSR count). The normalized spacial score (nSPS) is 21.3. The number of rotatable bonds is 2. The molecule has 1 fully saturated rings. The van der Waals surface area contributed by atoms with Gasteiger partial charge in [-0.1, -0.05) is 12.1 Å². The lowest BCUT2D eigenvalue weighted by Crippen LogP contribution is -2.33. The van der Waals surface area contributed by atoms with E-state index < -0.39 is 0 Å². The van der Waals surface area contributed by atoms with Gasteiger partial charge in [0.25, 0.3) is 0 Å². The van der Waals surface area contributed by atoms with E-state index in [1.165, 1.54) is 5.56 Å². The molecule has 0 radical (unpaired) electrons. The van der Waals surface area contributed by atoms with E-state index in [0.717, 1.165) is 25.4 Å². The molecule has 0 amide bonds. The van der Waals surface area contributed by atoms with E-state index >= 15 is 0 Å². The van der Waals surface area contributed by atoms with Gasteiger partial charge in [-0.15, -0.1) is 0 Å². The maximum Gasteiger partial charge on any atom is 0.0950 e. The molecule has 1 atom stereocenters. The number of benzene rings is 1. The molecule has 1 N–H and O–H groups in total. The number of nitrogens with one attached hydrogen (secondary N) is 1. The monoisotopic (exact) mass is 226 g/mol. The highest BCUT2D eigenvalue weighted by atomic mass is 35.5. The van der Waals surface area contributed by atoms with Crippen molar-refractivity contribution in [3.05, 3.63) is 29.8 Å². The molecule has 1 aliphatic rings. The smallest absolute Gasteiger partial charge is 0.0950 e. The summed E-state index contributed by atoms with van der Waals surface area (Å²) in [5, 5.41) is 3.31. The summed E-state index contributed by atoms with van der Waals surface area (Å²) in [7, 11) is 1.82. The van der Waals surface area contributed by atoms with Crippen LogP contribution >= 0.6 is 11.8 Å². The molecule has 1 aliphatic heterocycles. The fourth-order valence-corrected chi connectivity index (χ4v) is 1.80. The third-order valence-corrected chi connectivity index (χ3v) is 2.72. The maximum absolute atomic E-state index is 5.89. The van der Waals surface area contributed by atoms with Gasteiger partial charge >= 0.3 is 0 Å². The molecule has 0 spiro atoms. The average Bonchev–Trinajstić information content (AvgIpc) is 2.30. The molecule has 3 nitrogen and oxygen atoms in total. The molecule has 0 aliphatic carbocycles. The lowest BCUT2D eigenvalue weighted by Gasteiger charge is -2.24. The Morgan fingerprint density at radius 1 is 1.53 bits per heavy atom. The second-order valence-corrected chi connectivity index (χ2v) is 4.14. The van der Waals surface area contributed by atoms with Crippen molar-refractivity contribution >= 4 is 17.5 Å². The first-order valence-electron chi connectivity index (χ1n) is 5.09. The van der Waals surface area contributed by atoms with Crippen LogP contribution in [0, 0.1) is 0 Å². The minimum atomic E-state index is 0.148. The molecular formula is C11H15ClN2O.